The van der Waals surface area contributed by atoms with Crippen LogP contribution >= 0.6 is 11.6 Å². The molecule has 26 heavy (non-hydrogen) atoms. The van der Waals surface area contributed by atoms with Crippen LogP contribution in [-0.2, 0) is 15.6 Å². The summed E-state index contributed by atoms with van der Waals surface area (Å²) in [7, 11) is -3.75. The van der Waals surface area contributed by atoms with Crippen molar-refractivity contribution in [2.24, 2.45) is 0 Å². The molecule has 6 nitrogen and oxygen atoms in total. The lowest BCUT2D eigenvalue weighted by Crippen LogP contribution is -2.47. The number of hydrogen-bond donors (Lipinski definition) is 2. The number of pyridine rings is 1. The highest BCUT2D eigenvalue weighted by molar-refractivity contribution is 7.89. The van der Waals surface area contributed by atoms with Crippen LogP contribution in [-0.4, -0.2) is 32.6 Å². The van der Waals surface area contributed by atoms with Gasteiger partial charge in [-0.2, -0.15) is 4.72 Å². The second kappa shape index (κ2) is 7.52. The fraction of sp³-hybridized carbons (Fsp3) is 0.389. The van der Waals surface area contributed by atoms with Crippen molar-refractivity contribution in [1.29, 1.82) is 0 Å². The summed E-state index contributed by atoms with van der Waals surface area (Å²) >= 11 is 5.97. The lowest BCUT2D eigenvalue weighted by molar-refractivity contribution is 0.232. The summed E-state index contributed by atoms with van der Waals surface area (Å²) in [5.41, 5.74) is 0.166. The van der Waals surface area contributed by atoms with Crippen molar-refractivity contribution in [2.45, 2.75) is 36.8 Å². The van der Waals surface area contributed by atoms with E-state index < -0.39 is 15.6 Å². The quantitative estimate of drug-likeness (QED) is 0.786. The third-order valence-electron chi connectivity index (χ3n) is 4.26. The van der Waals surface area contributed by atoms with Gasteiger partial charge in [-0.1, -0.05) is 23.7 Å². The van der Waals surface area contributed by atoms with Gasteiger partial charge in [0.2, 0.25) is 15.9 Å². The summed E-state index contributed by atoms with van der Waals surface area (Å²) in [4.78, 5) is 4.20. The maximum Gasteiger partial charge on any atom is 0.242 e. The number of aromatic nitrogens is 1. The van der Waals surface area contributed by atoms with Gasteiger partial charge in [-0.25, -0.2) is 13.4 Å². The van der Waals surface area contributed by atoms with Gasteiger partial charge < -0.3 is 10.1 Å². The molecule has 1 aromatic heterocycles. The molecule has 0 bridgehead atoms. The molecule has 0 spiro atoms. The third kappa shape index (κ3) is 4.17. The van der Waals surface area contributed by atoms with Gasteiger partial charge in [0.15, 0.2) is 0 Å². The molecule has 2 N–H and O–H groups in total. The van der Waals surface area contributed by atoms with Gasteiger partial charge in [0.1, 0.15) is 4.90 Å². The molecular weight excluding hydrogens is 374 g/mol. The van der Waals surface area contributed by atoms with Crippen LogP contribution in [0.4, 0.5) is 0 Å². The first kappa shape index (κ1) is 19.1. The van der Waals surface area contributed by atoms with Crippen LogP contribution in [0.2, 0.25) is 5.02 Å². The zero-order valence-corrected chi connectivity index (χ0v) is 16.3. The molecule has 0 radical (unpaired) electrons. The number of benzene rings is 1. The molecule has 140 valence electrons. The summed E-state index contributed by atoms with van der Waals surface area (Å²) in [6.45, 7) is 5.01. The highest BCUT2D eigenvalue weighted by atomic mass is 35.5. The highest BCUT2D eigenvalue weighted by Crippen LogP contribution is 2.31. The van der Waals surface area contributed by atoms with Gasteiger partial charge >= 0.3 is 0 Å². The van der Waals surface area contributed by atoms with Crippen LogP contribution in [0.1, 0.15) is 25.8 Å². The van der Waals surface area contributed by atoms with Gasteiger partial charge in [0, 0.05) is 17.6 Å². The zero-order valence-electron chi connectivity index (χ0n) is 14.7. The van der Waals surface area contributed by atoms with Crippen LogP contribution in [0.15, 0.2) is 47.5 Å². The predicted molar refractivity (Wildman–Crippen MR) is 101 cm³/mol. The molecule has 8 heteroatoms. The summed E-state index contributed by atoms with van der Waals surface area (Å²) in [5, 5.41) is 3.85. The highest BCUT2D eigenvalue weighted by Gasteiger charge is 2.39. The summed E-state index contributed by atoms with van der Waals surface area (Å²) in [5.74, 6) is 0.397. The Bertz CT molecular complexity index is 846. The first-order chi connectivity index (χ1) is 12.3. The van der Waals surface area contributed by atoms with Gasteiger partial charge in [-0.3, -0.25) is 0 Å². The molecule has 3 rings (SSSR count). The Hall–Kier alpha value is -1.67. The molecule has 1 fully saturated rings. The Morgan fingerprint density at radius 2 is 1.96 bits per heavy atom. The second-order valence-corrected chi connectivity index (χ2v) is 8.74. The van der Waals surface area contributed by atoms with Crippen molar-refractivity contribution in [1.82, 2.24) is 15.0 Å². The number of nitrogens with zero attached hydrogens (tertiary/aromatic N) is 1. The van der Waals surface area contributed by atoms with Gasteiger partial charge in [-0.05, 0) is 50.6 Å². The number of hydrogen-bond acceptors (Lipinski definition) is 5. The Labute approximate surface area is 159 Å². The molecular formula is C18H22ClN3O3S. The Balaban J connectivity index is 1.87. The molecule has 2 heterocycles. The van der Waals surface area contributed by atoms with Crippen molar-refractivity contribution in [2.75, 3.05) is 13.1 Å². The van der Waals surface area contributed by atoms with E-state index in [0.29, 0.717) is 23.9 Å². The minimum Gasteiger partial charge on any atom is -0.475 e. The lowest BCUT2D eigenvalue weighted by atomic mass is 9.90. The fourth-order valence-corrected chi connectivity index (χ4v) is 4.50. The molecule has 2 aromatic rings. The Morgan fingerprint density at radius 3 is 2.50 bits per heavy atom. The molecule has 0 aliphatic carbocycles. The van der Waals surface area contributed by atoms with E-state index in [1.54, 1.807) is 18.2 Å². The lowest BCUT2D eigenvalue weighted by Gasteiger charge is -2.30. The standard InChI is InChI=1S/C18H22ClN3O3S/c1-13(2)25-17-8-7-16(11-21-17)26(23,24)22-18(9-10-20-12-18)14-3-5-15(19)6-4-14/h3-8,11,13,20,22H,9-10,12H2,1-2H3/t18-/m0/s1. The average Bonchev–Trinajstić information content (AvgIpc) is 3.04. The number of rotatable bonds is 6. The molecule has 1 aliphatic heterocycles. The first-order valence-corrected chi connectivity index (χ1v) is 10.3. The second-order valence-electron chi connectivity index (χ2n) is 6.62. The van der Waals surface area contributed by atoms with Gasteiger partial charge in [0.05, 0.1) is 17.8 Å². The van der Waals surface area contributed by atoms with E-state index in [2.05, 4.69) is 15.0 Å². The maximum absolute atomic E-state index is 12.9. The van der Waals surface area contributed by atoms with E-state index in [0.717, 1.165) is 12.1 Å². The van der Waals surface area contributed by atoms with Crippen LogP contribution in [0, 0.1) is 0 Å². The minimum atomic E-state index is -3.75. The number of nitrogens with one attached hydrogen (secondary N) is 2. The number of ether oxygens (including phenoxy) is 1. The van der Waals surface area contributed by atoms with Crippen molar-refractivity contribution < 1.29 is 13.2 Å². The fourth-order valence-electron chi connectivity index (χ4n) is 3.01. The SMILES string of the molecule is CC(C)Oc1ccc(S(=O)(=O)N[C@@]2(c3ccc(Cl)cc3)CCNC2)cn1. The van der Waals surface area contributed by atoms with Crippen molar-refractivity contribution in [3.63, 3.8) is 0 Å². The minimum absolute atomic E-state index is 0.0270. The largest absolute Gasteiger partial charge is 0.475 e. The van der Waals surface area contributed by atoms with E-state index in [9.17, 15) is 8.42 Å². The molecule has 1 atom stereocenters. The van der Waals surface area contributed by atoms with Crippen LogP contribution in [0.25, 0.3) is 0 Å². The van der Waals surface area contributed by atoms with E-state index in [1.807, 2.05) is 26.0 Å². The summed E-state index contributed by atoms with van der Waals surface area (Å²) < 4.78 is 34.2. The summed E-state index contributed by atoms with van der Waals surface area (Å²) in [6.07, 6.45) is 1.94. The number of sulfonamides is 1. The smallest absolute Gasteiger partial charge is 0.242 e. The van der Waals surface area contributed by atoms with E-state index in [4.69, 9.17) is 16.3 Å². The van der Waals surface area contributed by atoms with E-state index in [1.165, 1.54) is 12.3 Å². The molecule has 0 amide bonds. The zero-order chi connectivity index (χ0) is 18.8. The third-order valence-corrected chi connectivity index (χ3v) is 6.03. The normalized spacial score (nSPS) is 20.5. The topological polar surface area (TPSA) is 80.3 Å². The van der Waals surface area contributed by atoms with Crippen molar-refractivity contribution >= 4 is 21.6 Å². The van der Waals surface area contributed by atoms with Crippen molar-refractivity contribution in [3.8, 4) is 5.88 Å². The van der Waals surface area contributed by atoms with Crippen LogP contribution in [0.3, 0.4) is 0 Å². The maximum atomic E-state index is 12.9. The molecule has 1 aromatic carbocycles. The van der Waals surface area contributed by atoms with Crippen LogP contribution in [0.5, 0.6) is 5.88 Å². The average molecular weight is 396 g/mol. The van der Waals surface area contributed by atoms with Gasteiger partial charge in [0.25, 0.3) is 0 Å². The number of halogens is 1. The Kier molecular flexibility index (Phi) is 5.53. The van der Waals surface area contributed by atoms with Gasteiger partial charge in [-0.15, -0.1) is 0 Å². The first-order valence-electron chi connectivity index (χ1n) is 8.44. The van der Waals surface area contributed by atoms with E-state index >= 15 is 0 Å². The predicted octanol–water partition coefficient (Wildman–Crippen LogP) is 2.69. The molecule has 0 saturated carbocycles. The Morgan fingerprint density at radius 1 is 1.23 bits per heavy atom. The molecule has 1 saturated heterocycles. The monoisotopic (exact) mass is 395 g/mol. The molecule has 1 aliphatic rings. The van der Waals surface area contributed by atoms with Crippen molar-refractivity contribution in [3.05, 3.63) is 53.2 Å². The molecule has 0 unspecified atom stereocenters. The van der Waals surface area contributed by atoms with Crippen LogP contribution < -0.4 is 14.8 Å². The summed E-state index contributed by atoms with van der Waals surface area (Å²) in [6, 6.07) is 10.3. The van der Waals surface area contributed by atoms with E-state index in [-0.39, 0.29) is 11.0 Å².